The molecule has 0 bridgehead atoms. The summed E-state index contributed by atoms with van der Waals surface area (Å²) < 4.78 is 7.70. The highest BCUT2D eigenvalue weighted by atomic mass is 79.9. The van der Waals surface area contributed by atoms with Gasteiger partial charge in [-0.15, -0.1) is 0 Å². The lowest BCUT2D eigenvalue weighted by molar-refractivity contribution is 0.219. The van der Waals surface area contributed by atoms with Gasteiger partial charge in [0.15, 0.2) is 0 Å². The number of likely N-dealkylation sites (N-methyl/N-ethyl adjacent to an activating group) is 1. The van der Waals surface area contributed by atoms with E-state index in [0.29, 0.717) is 0 Å². The SMILES string of the molecule is CCNC(C1=COCCC1)c1cc(Br)ccc1Br. The Morgan fingerprint density at radius 3 is 2.89 bits per heavy atom. The molecule has 0 amide bonds. The molecule has 2 rings (SSSR count). The van der Waals surface area contributed by atoms with Crippen LogP contribution in [0.3, 0.4) is 0 Å². The first-order valence-corrected chi connectivity index (χ1v) is 7.80. The summed E-state index contributed by atoms with van der Waals surface area (Å²) in [4.78, 5) is 0. The van der Waals surface area contributed by atoms with Gasteiger partial charge in [-0.2, -0.15) is 0 Å². The largest absolute Gasteiger partial charge is 0.501 e. The average molecular weight is 375 g/mol. The van der Waals surface area contributed by atoms with Crippen molar-refractivity contribution in [3.63, 3.8) is 0 Å². The molecule has 0 radical (unpaired) electrons. The molecule has 0 aromatic heterocycles. The van der Waals surface area contributed by atoms with Gasteiger partial charge in [0.2, 0.25) is 0 Å². The van der Waals surface area contributed by atoms with Crippen LogP contribution < -0.4 is 5.32 Å². The second-order valence-electron chi connectivity index (χ2n) is 4.32. The van der Waals surface area contributed by atoms with Crippen molar-refractivity contribution in [3.05, 3.63) is 44.5 Å². The highest BCUT2D eigenvalue weighted by molar-refractivity contribution is 9.11. The third-order valence-corrected chi connectivity index (χ3v) is 4.23. The van der Waals surface area contributed by atoms with Crippen LogP contribution in [0.5, 0.6) is 0 Å². The van der Waals surface area contributed by atoms with Crippen molar-refractivity contribution in [2.45, 2.75) is 25.8 Å². The number of hydrogen-bond donors (Lipinski definition) is 1. The predicted molar refractivity (Wildman–Crippen MR) is 81.5 cm³/mol. The van der Waals surface area contributed by atoms with Crippen LogP contribution in [0.15, 0.2) is 39.0 Å². The molecule has 1 atom stereocenters. The van der Waals surface area contributed by atoms with Crippen LogP contribution >= 0.6 is 31.9 Å². The third-order valence-electron chi connectivity index (χ3n) is 3.01. The fourth-order valence-corrected chi connectivity index (χ4v) is 3.03. The molecule has 98 valence electrons. The average Bonchev–Trinajstić information content (AvgIpc) is 2.40. The summed E-state index contributed by atoms with van der Waals surface area (Å²) in [6.07, 6.45) is 4.11. The molecule has 1 unspecified atom stereocenters. The van der Waals surface area contributed by atoms with E-state index in [0.717, 1.165) is 34.9 Å². The van der Waals surface area contributed by atoms with Gasteiger partial charge in [0.25, 0.3) is 0 Å². The van der Waals surface area contributed by atoms with Crippen LogP contribution in [-0.4, -0.2) is 13.2 Å². The predicted octanol–water partition coefficient (Wildman–Crippen LogP) is 4.56. The first-order valence-electron chi connectivity index (χ1n) is 6.21. The van der Waals surface area contributed by atoms with Gasteiger partial charge in [-0.25, -0.2) is 0 Å². The van der Waals surface area contributed by atoms with Crippen LogP contribution in [0, 0.1) is 0 Å². The summed E-state index contributed by atoms with van der Waals surface area (Å²) in [5, 5.41) is 3.54. The minimum absolute atomic E-state index is 0.224. The van der Waals surface area contributed by atoms with Crippen molar-refractivity contribution < 1.29 is 4.74 Å². The number of benzene rings is 1. The molecule has 0 aliphatic carbocycles. The van der Waals surface area contributed by atoms with E-state index in [1.807, 2.05) is 12.3 Å². The maximum atomic E-state index is 5.47. The van der Waals surface area contributed by atoms with Gasteiger partial charge in [-0.1, -0.05) is 38.8 Å². The van der Waals surface area contributed by atoms with Crippen molar-refractivity contribution in [2.75, 3.05) is 13.2 Å². The molecule has 18 heavy (non-hydrogen) atoms. The summed E-state index contributed by atoms with van der Waals surface area (Å²) >= 11 is 7.18. The summed E-state index contributed by atoms with van der Waals surface area (Å²) in [5.41, 5.74) is 2.57. The first-order chi connectivity index (χ1) is 8.72. The lowest BCUT2D eigenvalue weighted by Gasteiger charge is -2.25. The molecule has 0 spiro atoms. The molecule has 1 aliphatic heterocycles. The fourth-order valence-electron chi connectivity index (χ4n) is 2.18. The van der Waals surface area contributed by atoms with Crippen molar-refractivity contribution in [1.82, 2.24) is 5.32 Å². The minimum Gasteiger partial charge on any atom is -0.501 e. The minimum atomic E-state index is 0.224. The van der Waals surface area contributed by atoms with E-state index in [4.69, 9.17) is 4.74 Å². The van der Waals surface area contributed by atoms with E-state index >= 15 is 0 Å². The van der Waals surface area contributed by atoms with Crippen LogP contribution in [0.1, 0.15) is 31.4 Å². The first kappa shape index (κ1) is 14.1. The smallest absolute Gasteiger partial charge is 0.0876 e. The van der Waals surface area contributed by atoms with Crippen molar-refractivity contribution in [1.29, 1.82) is 0 Å². The Balaban J connectivity index is 2.34. The maximum Gasteiger partial charge on any atom is 0.0876 e. The monoisotopic (exact) mass is 373 g/mol. The molecule has 0 saturated carbocycles. The number of hydrogen-bond acceptors (Lipinski definition) is 2. The Bertz CT molecular complexity index is 445. The molecule has 1 aromatic carbocycles. The van der Waals surface area contributed by atoms with E-state index in [1.165, 1.54) is 11.1 Å². The molecule has 2 nitrogen and oxygen atoms in total. The molecular formula is C14H17Br2NO. The Morgan fingerprint density at radius 1 is 1.39 bits per heavy atom. The second kappa shape index (κ2) is 6.73. The van der Waals surface area contributed by atoms with E-state index in [9.17, 15) is 0 Å². The van der Waals surface area contributed by atoms with E-state index in [-0.39, 0.29) is 6.04 Å². The Morgan fingerprint density at radius 2 is 2.22 bits per heavy atom. The van der Waals surface area contributed by atoms with Gasteiger partial charge in [-0.3, -0.25) is 0 Å². The zero-order valence-corrected chi connectivity index (χ0v) is 13.6. The topological polar surface area (TPSA) is 21.3 Å². The third kappa shape index (κ3) is 3.37. The van der Waals surface area contributed by atoms with Gasteiger partial charge >= 0.3 is 0 Å². The molecule has 0 fully saturated rings. The Labute approximate surface area is 125 Å². The van der Waals surface area contributed by atoms with E-state index in [2.05, 4.69) is 56.2 Å². The maximum absolute atomic E-state index is 5.47. The van der Waals surface area contributed by atoms with Gasteiger partial charge in [0.05, 0.1) is 18.9 Å². The normalized spacial score (nSPS) is 16.9. The van der Waals surface area contributed by atoms with Gasteiger partial charge in [0.1, 0.15) is 0 Å². The Hall–Kier alpha value is -0.320. The number of nitrogens with one attached hydrogen (secondary N) is 1. The zero-order chi connectivity index (χ0) is 13.0. The van der Waals surface area contributed by atoms with Crippen molar-refractivity contribution in [3.8, 4) is 0 Å². The second-order valence-corrected chi connectivity index (χ2v) is 6.09. The highest BCUT2D eigenvalue weighted by Crippen LogP contribution is 2.33. The van der Waals surface area contributed by atoms with Crippen LogP contribution in [0.25, 0.3) is 0 Å². The summed E-state index contributed by atoms with van der Waals surface area (Å²) in [5.74, 6) is 0. The summed E-state index contributed by atoms with van der Waals surface area (Å²) in [7, 11) is 0. The lowest BCUT2D eigenvalue weighted by Crippen LogP contribution is -2.24. The molecule has 1 heterocycles. The van der Waals surface area contributed by atoms with Crippen LogP contribution in [-0.2, 0) is 4.74 Å². The summed E-state index contributed by atoms with van der Waals surface area (Å²) in [6.45, 7) is 3.89. The molecule has 1 N–H and O–H groups in total. The molecule has 1 aromatic rings. The molecular weight excluding hydrogens is 358 g/mol. The zero-order valence-electron chi connectivity index (χ0n) is 10.4. The number of ether oxygens (including phenoxy) is 1. The quantitative estimate of drug-likeness (QED) is 0.834. The van der Waals surface area contributed by atoms with Crippen LogP contribution in [0.2, 0.25) is 0 Å². The van der Waals surface area contributed by atoms with E-state index in [1.54, 1.807) is 0 Å². The van der Waals surface area contributed by atoms with Crippen molar-refractivity contribution >= 4 is 31.9 Å². The van der Waals surface area contributed by atoms with Gasteiger partial charge < -0.3 is 10.1 Å². The van der Waals surface area contributed by atoms with Crippen LogP contribution in [0.4, 0.5) is 0 Å². The molecule has 4 heteroatoms. The summed E-state index contributed by atoms with van der Waals surface area (Å²) in [6, 6.07) is 6.51. The van der Waals surface area contributed by atoms with Crippen molar-refractivity contribution in [2.24, 2.45) is 0 Å². The highest BCUT2D eigenvalue weighted by Gasteiger charge is 2.20. The number of halogens is 2. The van der Waals surface area contributed by atoms with E-state index < -0.39 is 0 Å². The standard InChI is InChI=1S/C14H17Br2NO/c1-2-17-14(10-4-3-7-18-9-10)12-8-11(15)5-6-13(12)16/h5-6,8-9,14,17H,2-4,7H2,1H3. The molecule has 0 saturated heterocycles. The Kier molecular flexibility index (Phi) is 5.27. The number of rotatable bonds is 4. The lowest BCUT2D eigenvalue weighted by atomic mass is 9.95. The van der Waals surface area contributed by atoms with Gasteiger partial charge in [0, 0.05) is 8.95 Å². The molecule has 1 aliphatic rings. The van der Waals surface area contributed by atoms with Gasteiger partial charge in [-0.05, 0) is 48.7 Å². The fraction of sp³-hybridized carbons (Fsp3) is 0.429.